The number of amides is 1. The minimum absolute atomic E-state index is 0.0927. The molecular weight excluding hydrogens is 361 g/mol. The van der Waals surface area contributed by atoms with Gasteiger partial charge in [-0.1, -0.05) is 13.0 Å². The molecule has 0 aliphatic carbocycles. The minimum atomic E-state index is -0.197. The third kappa shape index (κ3) is 5.08. The maximum absolute atomic E-state index is 13.2. The number of piperazine rings is 1. The number of hydrogen-bond donors (Lipinski definition) is 2. The Hall–Kier alpha value is -1.92. The maximum atomic E-state index is 13.2. The van der Waals surface area contributed by atoms with E-state index in [4.69, 9.17) is 0 Å². The van der Waals surface area contributed by atoms with Gasteiger partial charge in [0.15, 0.2) is 0 Å². The van der Waals surface area contributed by atoms with Crippen molar-refractivity contribution < 1.29 is 14.1 Å². The summed E-state index contributed by atoms with van der Waals surface area (Å²) in [5.41, 5.74) is 1.08. The Kier molecular flexibility index (Phi) is 6.85. The molecule has 146 valence electrons. The van der Waals surface area contributed by atoms with E-state index in [0.29, 0.717) is 6.42 Å². The average molecular weight is 391 g/mol. The number of hydrogen-bond acceptors (Lipinski definition) is 3. The first-order valence-electron chi connectivity index (χ1n) is 9.76. The number of nitrogens with one attached hydrogen (secondary N) is 2. The molecule has 0 saturated carbocycles. The van der Waals surface area contributed by atoms with Crippen molar-refractivity contribution in [2.45, 2.75) is 38.8 Å². The Labute approximate surface area is 165 Å². The predicted octanol–water partition coefficient (Wildman–Crippen LogP) is 2.64. The van der Waals surface area contributed by atoms with E-state index in [9.17, 15) is 9.18 Å². The van der Waals surface area contributed by atoms with E-state index in [1.807, 2.05) is 19.1 Å². The highest BCUT2D eigenvalue weighted by Crippen LogP contribution is 2.21. The monoisotopic (exact) mass is 390 g/mol. The van der Waals surface area contributed by atoms with Gasteiger partial charge in [0.2, 0.25) is 5.91 Å². The minimum Gasteiger partial charge on any atom is -0.360 e. The highest BCUT2D eigenvalue weighted by atomic mass is 32.1. The zero-order valence-corrected chi connectivity index (χ0v) is 16.9. The first kappa shape index (κ1) is 19.8. The summed E-state index contributed by atoms with van der Waals surface area (Å²) in [5, 5.41) is 5.32. The topological polar surface area (TPSA) is 36.8 Å². The molecule has 1 aromatic carbocycles. The molecule has 6 heteroatoms. The first-order chi connectivity index (χ1) is 13.1. The van der Waals surface area contributed by atoms with Crippen molar-refractivity contribution in [2.75, 3.05) is 31.1 Å². The van der Waals surface area contributed by atoms with E-state index in [0.717, 1.165) is 38.3 Å². The molecule has 1 amide bonds. The SMILES string of the molecule is CCCC(=O)N[C@@H](C)[C@@H](c1cccs1)[NH+]1CCN(c2ccc(F)cc2)CC1. The lowest BCUT2D eigenvalue weighted by Crippen LogP contribution is -3.16. The Balaban J connectivity index is 1.67. The molecule has 2 heterocycles. The number of halogens is 1. The van der Waals surface area contributed by atoms with E-state index in [-0.39, 0.29) is 23.8 Å². The van der Waals surface area contributed by atoms with E-state index < -0.39 is 0 Å². The molecule has 3 rings (SSSR count). The molecule has 1 aliphatic rings. The Morgan fingerprint density at radius 1 is 1.26 bits per heavy atom. The first-order valence-corrected chi connectivity index (χ1v) is 10.6. The van der Waals surface area contributed by atoms with Gasteiger partial charge < -0.3 is 15.1 Å². The number of quaternary nitrogens is 1. The molecule has 1 aromatic heterocycles. The van der Waals surface area contributed by atoms with Gasteiger partial charge in [0.1, 0.15) is 11.9 Å². The van der Waals surface area contributed by atoms with Crippen LogP contribution in [0.4, 0.5) is 10.1 Å². The molecule has 0 spiro atoms. The van der Waals surface area contributed by atoms with E-state index in [1.165, 1.54) is 21.9 Å². The highest BCUT2D eigenvalue weighted by molar-refractivity contribution is 7.10. The van der Waals surface area contributed by atoms with Crippen LogP contribution in [0.1, 0.15) is 37.6 Å². The van der Waals surface area contributed by atoms with Gasteiger partial charge in [-0.05, 0) is 49.1 Å². The molecule has 4 nitrogen and oxygen atoms in total. The lowest BCUT2D eigenvalue weighted by molar-refractivity contribution is -0.933. The zero-order chi connectivity index (χ0) is 19.2. The summed E-state index contributed by atoms with van der Waals surface area (Å²) >= 11 is 1.76. The summed E-state index contributed by atoms with van der Waals surface area (Å²) in [7, 11) is 0. The number of nitrogens with zero attached hydrogens (tertiary/aromatic N) is 1. The standard InChI is InChI=1S/C21H28FN3OS/c1-3-5-20(26)23-16(2)21(19-6-4-15-27-19)25-13-11-24(12-14-25)18-9-7-17(22)8-10-18/h4,6-10,15-16,21H,3,5,11-14H2,1-2H3,(H,23,26)/p+1/t16-,21-/m0/s1. The van der Waals surface area contributed by atoms with Crippen molar-refractivity contribution in [3.05, 3.63) is 52.5 Å². The Morgan fingerprint density at radius 3 is 2.56 bits per heavy atom. The van der Waals surface area contributed by atoms with E-state index in [1.54, 1.807) is 11.3 Å². The summed E-state index contributed by atoms with van der Waals surface area (Å²) in [6.07, 6.45) is 1.45. The van der Waals surface area contributed by atoms with Crippen LogP contribution in [0.15, 0.2) is 41.8 Å². The lowest BCUT2D eigenvalue weighted by atomic mass is 10.0. The van der Waals surface area contributed by atoms with Crippen LogP contribution in [-0.2, 0) is 4.79 Å². The van der Waals surface area contributed by atoms with Crippen LogP contribution in [0.3, 0.4) is 0 Å². The number of rotatable bonds is 7. The molecule has 27 heavy (non-hydrogen) atoms. The van der Waals surface area contributed by atoms with E-state index >= 15 is 0 Å². The number of thiophene rings is 1. The molecule has 0 bridgehead atoms. The van der Waals surface area contributed by atoms with Gasteiger partial charge in [0, 0.05) is 12.1 Å². The summed E-state index contributed by atoms with van der Waals surface area (Å²) in [6, 6.07) is 11.4. The van der Waals surface area contributed by atoms with Crippen molar-refractivity contribution in [1.29, 1.82) is 0 Å². The smallest absolute Gasteiger partial charge is 0.220 e. The fourth-order valence-electron chi connectivity index (χ4n) is 3.92. The van der Waals surface area contributed by atoms with Crippen LogP contribution in [0, 0.1) is 5.82 Å². The molecule has 2 N–H and O–H groups in total. The van der Waals surface area contributed by atoms with Gasteiger partial charge in [-0.25, -0.2) is 4.39 Å². The highest BCUT2D eigenvalue weighted by Gasteiger charge is 2.34. The quantitative estimate of drug-likeness (QED) is 0.763. The largest absolute Gasteiger partial charge is 0.360 e. The van der Waals surface area contributed by atoms with Crippen LogP contribution in [0.25, 0.3) is 0 Å². The predicted molar refractivity (Wildman–Crippen MR) is 109 cm³/mol. The van der Waals surface area contributed by atoms with Gasteiger partial charge in [0.05, 0.1) is 37.1 Å². The molecule has 0 unspecified atom stereocenters. The molecule has 0 radical (unpaired) electrons. The maximum Gasteiger partial charge on any atom is 0.220 e. The number of anilines is 1. The summed E-state index contributed by atoms with van der Waals surface area (Å²) in [4.78, 5) is 17.3. The number of benzene rings is 1. The van der Waals surface area contributed by atoms with Crippen LogP contribution in [0.5, 0.6) is 0 Å². The second-order valence-electron chi connectivity index (χ2n) is 7.22. The van der Waals surface area contributed by atoms with Crippen LogP contribution in [-0.4, -0.2) is 38.1 Å². The number of carbonyl (C=O) groups is 1. The zero-order valence-electron chi connectivity index (χ0n) is 16.1. The van der Waals surface area contributed by atoms with Crippen LogP contribution in [0.2, 0.25) is 0 Å². The molecule has 1 aliphatic heterocycles. The molecule has 2 atom stereocenters. The molecule has 1 fully saturated rings. The summed E-state index contributed by atoms with van der Waals surface area (Å²) in [6.45, 7) is 8.00. The molecule has 1 saturated heterocycles. The van der Waals surface area contributed by atoms with Crippen molar-refractivity contribution in [3.8, 4) is 0 Å². The Morgan fingerprint density at radius 2 is 1.96 bits per heavy atom. The second kappa shape index (κ2) is 9.33. The van der Waals surface area contributed by atoms with Gasteiger partial charge >= 0.3 is 0 Å². The third-order valence-electron chi connectivity index (χ3n) is 5.25. The van der Waals surface area contributed by atoms with Gasteiger partial charge in [-0.15, -0.1) is 11.3 Å². The van der Waals surface area contributed by atoms with Gasteiger partial charge in [-0.3, -0.25) is 4.79 Å². The number of carbonyl (C=O) groups excluding carboxylic acids is 1. The normalized spacial score (nSPS) is 17.5. The summed E-state index contributed by atoms with van der Waals surface area (Å²) in [5.74, 6) is -0.0617. The average Bonchev–Trinajstić information content (AvgIpc) is 3.17. The third-order valence-corrected chi connectivity index (χ3v) is 6.21. The lowest BCUT2D eigenvalue weighted by Gasteiger charge is -2.39. The fourth-order valence-corrected chi connectivity index (χ4v) is 4.91. The second-order valence-corrected chi connectivity index (χ2v) is 8.20. The van der Waals surface area contributed by atoms with Crippen LogP contribution >= 0.6 is 11.3 Å². The fraction of sp³-hybridized carbons (Fsp3) is 0.476. The summed E-state index contributed by atoms with van der Waals surface area (Å²) < 4.78 is 13.2. The van der Waals surface area contributed by atoms with Crippen LogP contribution < -0.4 is 15.1 Å². The van der Waals surface area contributed by atoms with Crippen molar-refractivity contribution in [3.63, 3.8) is 0 Å². The Bertz CT molecular complexity index is 712. The van der Waals surface area contributed by atoms with Gasteiger partial charge in [0.25, 0.3) is 0 Å². The van der Waals surface area contributed by atoms with Crippen molar-refractivity contribution in [1.82, 2.24) is 5.32 Å². The molecule has 2 aromatic rings. The molecular formula is C21H29FN3OS+. The van der Waals surface area contributed by atoms with E-state index in [2.05, 4.69) is 34.7 Å². The van der Waals surface area contributed by atoms with Gasteiger partial charge in [-0.2, -0.15) is 0 Å². The van der Waals surface area contributed by atoms with Crippen molar-refractivity contribution in [2.24, 2.45) is 0 Å². The van der Waals surface area contributed by atoms with Crippen molar-refractivity contribution >= 4 is 22.9 Å².